The number of azide groups is 1. The quantitative estimate of drug-likeness (QED) is 0.474. The minimum absolute atomic E-state index is 0.0483. The predicted molar refractivity (Wildman–Crippen MR) is 77.0 cm³/mol. The molecule has 0 unspecified atom stereocenters. The van der Waals surface area contributed by atoms with Crippen LogP contribution in [-0.2, 0) is 4.74 Å². The lowest BCUT2D eigenvalue weighted by Gasteiger charge is -2.28. The number of nitrogens with zero attached hydrogens (tertiary/aromatic N) is 3. The van der Waals surface area contributed by atoms with E-state index in [1.165, 1.54) is 0 Å². The third kappa shape index (κ3) is 3.32. The van der Waals surface area contributed by atoms with E-state index >= 15 is 0 Å². The second-order valence-corrected chi connectivity index (χ2v) is 4.70. The van der Waals surface area contributed by atoms with Crippen molar-refractivity contribution in [3.05, 3.63) is 28.1 Å². The summed E-state index contributed by atoms with van der Waals surface area (Å²) in [7, 11) is 4.71. The molecule has 0 bridgehead atoms. The summed E-state index contributed by atoms with van der Waals surface area (Å²) >= 11 is 0. The molecule has 1 aliphatic rings. The average Bonchev–Trinajstić information content (AvgIpc) is 2.54. The molecular formula is C14H19N3O4. The number of ether oxygens (including phenoxy) is 4. The normalized spacial score (nSPS) is 21.3. The van der Waals surface area contributed by atoms with Crippen LogP contribution in [0.5, 0.6) is 17.2 Å². The molecule has 0 spiro atoms. The van der Waals surface area contributed by atoms with Gasteiger partial charge in [0.05, 0.1) is 27.4 Å². The monoisotopic (exact) mass is 293 g/mol. The standard InChI is InChI=1S/C14H19N3O4/c1-18-12-6-9(7-13(19-2)14(12)20-3)11-8-10(16-17-15)4-5-21-11/h6-7,10-11H,4-5,8H2,1-3H3/t10-,11+/m0/s1. The number of hydrogen-bond acceptors (Lipinski definition) is 5. The number of rotatable bonds is 5. The van der Waals surface area contributed by atoms with Crippen molar-refractivity contribution in [1.82, 2.24) is 0 Å². The number of methoxy groups -OCH3 is 3. The molecule has 0 saturated carbocycles. The molecule has 1 heterocycles. The summed E-state index contributed by atoms with van der Waals surface area (Å²) in [5.74, 6) is 1.72. The van der Waals surface area contributed by atoms with Crippen LogP contribution in [0.3, 0.4) is 0 Å². The molecule has 2 atom stereocenters. The van der Waals surface area contributed by atoms with Crippen molar-refractivity contribution in [2.45, 2.75) is 25.0 Å². The van der Waals surface area contributed by atoms with Crippen molar-refractivity contribution in [2.24, 2.45) is 5.11 Å². The van der Waals surface area contributed by atoms with Gasteiger partial charge in [-0.05, 0) is 36.1 Å². The van der Waals surface area contributed by atoms with E-state index in [0.29, 0.717) is 30.3 Å². The van der Waals surface area contributed by atoms with E-state index in [0.717, 1.165) is 12.0 Å². The molecule has 1 aromatic carbocycles. The maximum absolute atomic E-state index is 8.57. The first-order valence-corrected chi connectivity index (χ1v) is 6.69. The maximum atomic E-state index is 8.57. The van der Waals surface area contributed by atoms with Gasteiger partial charge in [-0.3, -0.25) is 0 Å². The van der Waals surface area contributed by atoms with E-state index in [9.17, 15) is 0 Å². The highest BCUT2D eigenvalue weighted by Crippen LogP contribution is 2.42. The highest BCUT2D eigenvalue weighted by Gasteiger charge is 2.25. The van der Waals surface area contributed by atoms with Crippen LogP contribution in [0.2, 0.25) is 0 Å². The molecule has 1 aliphatic heterocycles. The van der Waals surface area contributed by atoms with E-state index in [2.05, 4.69) is 10.0 Å². The average molecular weight is 293 g/mol. The second-order valence-electron chi connectivity index (χ2n) is 4.70. The van der Waals surface area contributed by atoms with Gasteiger partial charge < -0.3 is 18.9 Å². The summed E-state index contributed by atoms with van der Waals surface area (Å²) in [5.41, 5.74) is 9.49. The van der Waals surface area contributed by atoms with Crippen LogP contribution in [0.25, 0.3) is 10.4 Å². The van der Waals surface area contributed by atoms with Crippen molar-refractivity contribution >= 4 is 0 Å². The Kier molecular flexibility index (Phi) is 5.14. The smallest absolute Gasteiger partial charge is 0.203 e. The molecule has 21 heavy (non-hydrogen) atoms. The molecule has 0 aliphatic carbocycles. The number of benzene rings is 1. The van der Waals surface area contributed by atoms with Crippen molar-refractivity contribution in [3.63, 3.8) is 0 Å². The summed E-state index contributed by atoms with van der Waals surface area (Å²) in [6.07, 6.45) is 1.23. The van der Waals surface area contributed by atoms with E-state index in [1.54, 1.807) is 21.3 Å². The Morgan fingerprint density at radius 2 is 1.86 bits per heavy atom. The van der Waals surface area contributed by atoms with Crippen molar-refractivity contribution in [3.8, 4) is 17.2 Å². The zero-order chi connectivity index (χ0) is 15.2. The van der Waals surface area contributed by atoms with Gasteiger partial charge in [0.25, 0.3) is 0 Å². The molecule has 1 saturated heterocycles. The molecule has 0 N–H and O–H groups in total. The molecule has 7 nitrogen and oxygen atoms in total. The van der Waals surface area contributed by atoms with Gasteiger partial charge in [-0.1, -0.05) is 5.11 Å². The third-order valence-corrected chi connectivity index (χ3v) is 3.53. The lowest BCUT2D eigenvalue weighted by Crippen LogP contribution is -2.22. The van der Waals surface area contributed by atoms with Gasteiger partial charge in [0.2, 0.25) is 5.75 Å². The molecule has 0 aromatic heterocycles. The first-order chi connectivity index (χ1) is 10.2. The lowest BCUT2D eigenvalue weighted by atomic mass is 9.97. The Hall–Kier alpha value is -2.11. The van der Waals surface area contributed by atoms with Crippen LogP contribution >= 0.6 is 0 Å². The topological polar surface area (TPSA) is 85.7 Å². The van der Waals surface area contributed by atoms with Crippen LogP contribution in [0.1, 0.15) is 24.5 Å². The van der Waals surface area contributed by atoms with Gasteiger partial charge in [-0.25, -0.2) is 0 Å². The van der Waals surface area contributed by atoms with Crippen molar-refractivity contribution in [1.29, 1.82) is 0 Å². The van der Waals surface area contributed by atoms with E-state index in [1.807, 2.05) is 12.1 Å². The van der Waals surface area contributed by atoms with E-state index in [4.69, 9.17) is 24.5 Å². The zero-order valence-electron chi connectivity index (χ0n) is 12.4. The highest BCUT2D eigenvalue weighted by atomic mass is 16.5. The predicted octanol–water partition coefficient (Wildman–Crippen LogP) is 3.24. The third-order valence-electron chi connectivity index (χ3n) is 3.53. The summed E-state index contributed by atoms with van der Waals surface area (Å²) < 4.78 is 21.8. The van der Waals surface area contributed by atoms with Crippen LogP contribution < -0.4 is 14.2 Å². The Morgan fingerprint density at radius 1 is 1.19 bits per heavy atom. The maximum Gasteiger partial charge on any atom is 0.203 e. The largest absolute Gasteiger partial charge is 0.493 e. The van der Waals surface area contributed by atoms with Gasteiger partial charge in [-0.15, -0.1) is 0 Å². The minimum atomic E-state index is -0.150. The molecule has 0 amide bonds. The zero-order valence-corrected chi connectivity index (χ0v) is 12.4. The summed E-state index contributed by atoms with van der Waals surface area (Å²) in [6.45, 7) is 0.561. The Bertz CT molecular complexity index is 518. The Labute approximate surface area is 123 Å². The summed E-state index contributed by atoms with van der Waals surface area (Å²) in [6, 6.07) is 3.68. The molecular weight excluding hydrogens is 274 g/mol. The van der Waals surface area contributed by atoms with Gasteiger partial charge in [0.15, 0.2) is 11.5 Å². The SMILES string of the molecule is COc1cc([C@H]2C[C@@H](N=[N+]=[N-])CCO2)cc(OC)c1OC. The molecule has 0 radical (unpaired) electrons. The van der Waals surface area contributed by atoms with Crippen LogP contribution in [0.4, 0.5) is 0 Å². The van der Waals surface area contributed by atoms with Crippen LogP contribution in [0.15, 0.2) is 17.2 Å². The first kappa shape index (κ1) is 15.3. The fourth-order valence-corrected chi connectivity index (χ4v) is 2.48. The number of hydrogen-bond donors (Lipinski definition) is 0. The Morgan fingerprint density at radius 3 is 2.38 bits per heavy atom. The lowest BCUT2D eigenvalue weighted by molar-refractivity contribution is 0.00649. The second kappa shape index (κ2) is 7.06. The van der Waals surface area contributed by atoms with Gasteiger partial charge in [0.1, 0.15) is 0 Å². The highest BCUT2D eigenvalue weighted by molar-refractivity contribution is 5.54. The molecule has 2 rings (SSSR count). The van der Waals surface area contributed by atoms with Gasteiger partial charge >= 0.3 is 0 Å². The van der Waals surface area contributed by atoms with Crippen LogP contribution in [-0.4, -0.2) is 34.0 Å². The fraction of sp³-hybridized carbons (Fsp3) is 0.571. The fourth-order valence-electron chi connectivity index (χ4n) is 2.48. The van der Waals surface area contributed by atoms with E-state index < -0.39 is 0 Å². The minimum Gasteiger partial charge on any atom is -0.493 e. The van der Waals surface area contributed by atoms with Crippen LogP contribution in [0, 0.1) is 0 Å². The van der Waals surface area contributed by atoms with E-state index in [-0.39, 0.29) is 12.1 Å². The van der Waals surface area contributed by atoms with Gasteiger partial charge in [-0.2, -0.15) is 0 Å². The molecule has 1 fully saturated rings. The molecule has 7 heteroatoms. The van der Waals surface area contributed by atoms with Crippen molar-refractivity contribution < 1.29 is 18.9 Å². The summed E-state index contributed by atoms with van der Waals surface area (Å²) in [5, 5.41) is 3.79. The summed E-state index contributed by atoms with van der Waals surface area (Å²) in [4.78, 5) is 2.88. The first-order valence-electron chi connectivity index (χ1n) is 6.69. The molecule has 1 aromatic rings. The van der Waals surface area contributed by atoms with Gasteiger partial charge in [0, 0.05) is 17.6 Å². The Balaban J connectivity index is 2.32. The molecule has 114 valence electrons. The van der Waals surface area contributed by atoms with Crippen molar-refractivity contribution in [2.75, 3.05) is 27.9 Å².